The average molecular weight is 500 g/mol. The van der Waals surface area contributed by atoms with Crippen LogP contribution in [-0.4, -0.2) is 58.3 Å². The minimum atomic E-state index is -0.528. The molecule has 4 atom stereocenters. The van der Waals surface area contributed by atoms with Crippen molar-refractivity contribution in [2.75, 3.05) is 18.5 Å². The number of carbonyl (C=O) groups is 2. The Hall–Kier alpha value is -3.75. The van der Waals surface area contributed by atoms with Gasteiger partial charge in [0.25, 0.3) is 5.91 Å². The third-order valence-electron chi connectivity index (χ3n) is 7.57. The fourth-order valence-corrected chi connectivity index (χ4v) is 5.70. The van der Waals surface area contributed by atoms with E-state index in [1.807, 2.05) is 29.2 Å². The van der Waals surface area contributed by atoms with Gasteiger partial charge in [0.15, 0.2) is 0 Å². The van der Waals surface area contributed by atoms with E-state index < -0.39 is 6.10 Å². The monoisotopic (exact) mass is 499 g/mol. The molecule has 8 nitrogen and oxygen atoms in total. The molecule has 1 aromatic heterocycles. The van der Waals surface area contributed by atoms with E-state index in [1.165, 1.54) is 17.3 Å². The summed E-state index contributed by atoms with van der Waals surface area (Å²) in [7, 11) is 0. The summed E-state index contributed by atoms with van der Waals surface area (Å²) in [6.07, 6.45) is 3.67. The van der Waals surface area contributed by atoms with Crippen molar-refractivity contribution < 1.29 is 24.2 Å². The van der Waals surface area contributed by atoms with Crippen LogP contribution in [0.4, 0.5) is 5.69 Å². The van der Waals surface area contributed by atoms with Gasteiger partial charge in [0, 0.05) is 42.7 Å². The van der Waals surface area contributed by atoms with Crippen molar-refractivity contribution in [3.05, 3.63) is 89.2 Å². The first-order valence-corrected chi connectivity index (χ1v) is 12.7. The molecule has 0 unspecified atom stereocenters. The second-order valence-electron chi connectivity index (χ2n) is 9.89. The van der Waals surface area contributed by atoms with Crippen LogP contribution in [-0.2, 0) is 22.5 Å². The summed E-state index contributed by atoms with van der Waals surface area (Å²) in [5, 5.41) is 13.0. The molecule has 3 aliphatic rings. The molecule has 4 heterocycles. The summed E-state index contributed by atoms with van der Waals surface area (Å²) < 4.78 is 12.3. The Kier molecular flexibility index (Phi) is 6.36. The smallest absolute Gasteiger partial charge is 0.257 e. The van der Waals surface area contributed by atoms with Crippen LogP contribution < -0.4 is 10.1 Å². The Morgan fingerprint density at radius 3 is 2.78 bits per heavy atom. The molecule has 0 aliphatic carbocycles. The van der Waals surface area contributed by atoms with Crippen molar-refractivity contribution in [3.63, 3.8) is 0 Å². The number of aromatic nitrogens is 1. The third-order valence-corrected chi connectivity index (χ3v) is 7.57. The lowest BCUT2D eigenvalue weighted by Crippen LogP contribution is -2.48. The van der Waals surface area contributed by atoms with E-state index in [4.69, 9.17) is 9.47 Å². The quantitative estimate of drug-likeness (QED) is 0.559. The molecule has 0 radical (unpaired) electrons. The van der Waals surface area contributed by atoms with Crippen molar-refractivity contribution in [3.8, 4) is 5.75 Å². The molecule has 2 amide bonds. The van der Waals surface area contributed by atoms with Crippen molar-refractivity contribution in [2.45, 2.75) is 50.0 Å². The molecule has 8 heteroatoms. The zero-order valence-electron chi connectivity index (χ0n) is 20.4. The molecule has 0 spiro atoms. The molecule has 3 aromatic rings. The van der Waals surface area contributed by atoms with Gasteiger partial charge in [-0.05, 0) is 54.3 Å². The van der Waals surface area contributed by atoms with Gasteiger partial charge in [-0.25, -0.2) is 0 Å². The maximum absolute atomic E-state index is 13.2. The number of carbonyl (C=O) groups excluding carboxylic acids is 2. The Morgan fingerprint density at radius 1 is 1.11 bits per heavy atom. The molecule has 6 rings (SSSR count). The van der Waals surface area contributed by atoms with Gasteiger partial charge in [-0.1, -0.05) is 24.3 Å². The van der Waals surface area contributed by atoms with Crippen LogP contribution in [0.2, 0.25) is 0 Å². The van der Waals surface area contributed by atoms with E-state index >= 15 is 0 Å². The normalized spacial score (nSPS) is 23.9. The number of pyridine rings is 1. The lowest BCUT2D eigenvalue weighted by molar-refractivity contribution is -0.149. The fourth-order valence-electron chi connectivity index (χ4n) is 5.70. The third kappa shape index (κ3) is 4.70. The van der Waals surface area contributed by atoms with Gasteiger partial charge >= 0.3 is 0 Å². The molecule has 37 heavy (non-hydrogen) atoms. The predicted molar refractivity (Wildman–Crippen MR) is 136 cm³/mol. The number of nitrogens with one attached hydrogen (secondary N) is 1. The first-order chi connectivity index (χ1) is 18.1. The Morgan fingerprint density at radius 2 is 1.97 bits per heavy atom. The molecule has 2 aromatic carbocycles. The Labute approximate surface area is 215 Å². The van der Waals surface area contributed by atoms with Crippen molar-refractivity contribution in [1.82, 2.24) is 9.88 Å². The van der Waals surface area contributed by atoms with Crippen molar-refractivity contribution in [1.29, 1.82) is 0 Å². The van der Waals surface area contributed by atoms with Crippen molar-refractivity contribution >= 4 is 17.5 Å². The molecule has 1 fully saturated rings. The zero-order chi connectivity index (χ0) is 25.4. The second-order valence-corrected chi connectivity index (χ2v) is 9.89. The topological polar surface area (TPSA) is 101 Å². The van der Waals surface area contributed by atoms with E-state index in [1.54, 1.807) is 24.4 Å². The number of hydrogen-bond acceptors (Lipinski definition) is 6. The average Bonchev–Trinajstić information content (AvgIpc) is 3.30. The van der Waals surface area contributed by atoms with Gasteiger partial charge < -0.3 is 24.8 Å². The van der Waals surface area contributed by atoms with Gasteiger partial charge in [-0.15, -0.1) is 0 Å². The van der Waals surface area contributed by atoms with Gasteiger partial charge in [-0.3, -0.25) is 14.6 Å². The SMILES string of the molecule is O=C(Nc1ccc2c(c1)[C@H]1C[C@@H](CC(=O)N3CCc4ccccc4C3)O[C@@H](CO)[C@H]1O2)c1cccnc1. The standard InChI is InChI=1S/C29H29N3O5/c33-17-26-28-24(13-22(36-26)14-27(34)32-11-9-18-4-1-2-5-20(18)16-32)23-12-21(7-8-25(23)37-28)31-29(35)19-6-3-10-30-15-19/h1-8,10,12,15,22,24,26,28,33H,9,11,13-14,16-17H2,(H,31,35)/t22-,24+,26-,28-/m0/s1. The number of hydrogen-bond donors (Lipinski definition) is 2. The Bertz CT molecular complexity index is 1310. The number of amides is 2. The summed E-state index contributed by atoms with van der Waals surface area (Å²) in [5.41, 5.74) is 4.58. The molecular formula is C29H29N3O5. The molecule has 2 N–H and O–H groups in total. The first-order valence-electron chi connectivity index (χ1n) is 12.7. The van der Waals surface area contributed by atoms with Crippen LogP contribution in [0.1, 0.15) is 45.8 Å². The summed E-state index contributed by atoms with van der Waals surface area (Å²) in [6, 6.07) is 17.2. The summed E-state index contributed by atoms with van der Waals surface area (Å²) >= 11 is 0. The number of benzene rings is 2. The maximum atomic E-state index is 13.2. The minimum Gasteiger partial charge on any atom is -0.487 e. The summed E-state index contributed by atoms with van der Waals surface area (Å²) in [6.45, 7) is 1.12. The van der Waals surface area contributed by atoms with Crippen LogP contribution in [0, 0.1) is 0 Å². The van der Waals surface area contributed by atoms with Gasteiger partial charge in [0.2, 0.25) is 5.91 Å². The number of ether oxygens (including phenoxy) is 2. The lowest BCUT2D eigenvalue weighted by Gasteiger charge is -2.38. The number of anilines is 1. The number of fused-ring (bicyclic) bond motifs is 4. The van der Waals surface area contributed by atoms with Gasteiger partial charge in [0.1, 0.15) is 18.0 Å². The van der Waals surface area contributed by atoms with E-state index in [0.29, 0.717) is 30.8 Å². The van der Waals surface area contributed by atoms with Gasteiger partial charge in [0.05, 0.1) is 24.7 Å². The summed E-state index contributed by atoms with van der Waals surface area (Å²) in [5.74, 6) is 0.494. The molecule has 190 valence electrons. The highest BCUT2D eigenvalue weighted by molar-refractivity contribution is 6.04. The highest BCUT2D eigenvalue weighted by Crippen LogP contribution is 2.47. The number of nitrogens with zero attached hydrogens (tertiary/aromatic N) is 2. The summed E-state index contributed by atoms with van der Waals surface area (Å²) in [4.78, 5) is 31.7. The molecule has 0 bridgehead atoms. The van der Waals surface area contributed by atoms with E-state index in [9.17, 15) is 14.7 Å². The maximum Gasteiger partial charge on any atom is 0.257 e. The zero-order valence-corrected chi connectivity index (χ0v) is 20.4. The van der Waals surface area contributed by atoms with Crippen LogP contribution in [0.3, 0.4) is 0 Å². The number of aliphatic hydroxyl groups excluding tert-OH is 1. The van der Waals surface area contributed by atoms with E-state index in [-0.39, 0.29) is 43.0 Å². The second kappa shape index (κ2) is 9.95. The molecule has 0 saturated carbocycles. The van der Waals surface area contributed by atoms with Crippen LogP contribution >= 0.6 is 0 Å². The van der Waals surface area contributed by atoms with Crippen LogP contribution in [0.5, 0.6) is 5.75 Å². The molecular weight excluding hydrogens is 470 g/mol. The van der Waals surface area contributed by atoms with Crippen LogP contribution in [0.15, 0.2) is 67.0 Å². The highest BCUT2D eigenvalue weighted by atomic mass is 16.6. The fraction of sp³-hybridized carbons (Fsp3) is 0.345. The first kappa shape index (κ1) is 23.6. The Balaban J connectivity index is 1.16. The minimum absolute atomic E-state index is 0.0453. The number of rotatable bonds is 5. The van der Waals surface area contributed by atoms with Crippen LogP contribution in [0.25, 0.3) is 0 Å². The van der Waals surface area contributed by atoms with Gasteiger partial charge in [-0.2, -0.15) is 0 Å². The lowest BCUT2D eigenvalue weighted by atomic mass is 9.84. The predicted octanol–water partition coefficient (Wildman–Crippen LogP) is 3.30. The van der Waals surface area contributed by atoms with E-state index in [2.05, 4.69) is 22.4 Å². The molecule has 1 saturated heterocycles. The highest BCUT2D eigenvalue weighted by Gasteiger charge is 2.46. The van der Waals surface area contributed by atoms with Crippen molar-refractivity contribution in [2.24, 2.45) is 0 Å². The largest absolute Gasteiger partial charge is 0.487 e. The number of aliphatic hydroxyl groups is 1. The molecule has 3 aliphatic heterocycles. The van der Waals surface area contributed by atoms with E-state index in [0.717, 1.165) is 17.7 Å².